The third-order valence-electron chi connectivity index (χ3n) is 2.11. The minimum absolute atomic E-state index is 0.519. The van der Waals surface area contributed by atoms with Crippen LogP contribution in [0, 0.1) is 0 Å². The molecule has 2 nitrogen and oxygen atoms in total. The molecule has 0 aliphatic carbocycles. The Balaban J connectivity index is 1.80. The van der Waals surface area contributed by atoms with E-state index in [2.05, 4.69) is 4.90 Å². The van der Waals surface area contributed by atoms with E-state index < -0.39 is 0 Å². The number of rotatable bonds is 1. The highest BCUT2D eigenvalue weighted by Gasteiger charge is 2.30. The van der Waals surface area contributed by atoms with Gasteiger partial charge in [0, 0.05) is 13.1 Å². The van der Waals surface area contributed by atoms with Crippen LogP contribution in [0.2, 0.25) is 0 Å². The van der Waals surface area contributed by atoms with Gasteiger partial charge in [-0.25, -0.2) is 0 Å². The van der Waals surface area contributed by atoms with Crippen LogP contribution in [0.15, 0.2) is 0 Å². The van der Waals surface area contributed by atoms with Gasteiger partial charge in [-0.05, 0) is 12.8 Å². The Morgan fingerprint density at radius 1 is 1.11 bits per heavy atom. The SMILES string of the molecule is C1CCN(C2CO2)CC1. The van der Waals surface area contributed by atoms with Crippen molar-refractivity contribution in [2.75, 3.05) is 19.7 Å². The zero-order valence-electron chi connectivity index (χ0n) is 5.68. The van der Waals surface area contributed by atoms with E-state index in [0.717, 1.165) is 6.61 Å². The van der Waals surface area contributed by atoms with Crippen LogP contribution in [-0.2, 0) is 4.74 Å². The van der Waals surface area contributed by atoms with Crippen molar-refractivity contribution in [3.63, 3.8) is 0 Å². The van der Waals surface area contributed by atoms with Crippen LogP contribution in [0.1, 0.15) is 19.3 Å². The number of piperidine rings is 1. The van der Waals surface area contributed by atoms with Gasteiger partial charge in [0.1, 0.15) is 6.23 Å². The maximum absolute atomic E-state index is 5.17. The minimum Gasteiger partial charge on any atom is -0.357 e. The molecule has 52 valence electrons. The molecule has 0 aromatic carbocycles. The van der Waals surface area contributed by atoms with E-state index in [0.29, 0.717) is 6.23 Å². The predicted molar refractivity (Wildman–Crippen MR) is 35.2 cm³/mol. The lowest BCUT2D eigenvalue weighted by molar-refractivity contribution is 0.149. The molecule has 0 aromatic heterocycles. The molecule has 9 heavy (non-hydrogen) atoms. The van der Waals surface area contributed by atoms with Crippen LogP contribution >= 0.6 is 0 Å². The van der Waals surface area contributed by atoms with Crippen molar-refractivity contribution in [3.8, 4) is 0 Å². The topological polar surface area (TPSA) is 15.8 Å². The van der Waals surface area contributed by atoms with E-state index in [-0.39, 0.29) is 0 Å². The molecule has 0 N–H and O–H groups in total. The van der Waals surface area contributed by atoms with Crippen molar-refractivity contribution in [1.29, 1.82) is 0 Å². The zero-order chi connectivity index (χ0) is 6.10. The number of hydrogen-bond acceptors (Lipinski definition) is 2. The highest BCUT2D eigenvalue weighted by atomic mass is 16.6. The summed E-state index contributed by atoms with van der Waals surface area (Å²) in [6.07, 6.45) is 4.69. The van der Waals surface area contributed by atoms with Crippen molar-refractivity contribution in [2.24, 2.45) is 0 Å². The molecule has 2 aliphatic heterocycles. The monoisotopic (exact) mass is 127 g/mol. The zero-order valence-corrected chi connectivity index (χ0v) is 5.68. The normalized spacial score (nSPS) is 36.7. The molecular weight excluding hydrogens is 114 g/mol. The first-order valence-electron chi connectivity index (χ1n) is 3.82. The first-order valence-corrected chi connectivity index (χ1v) is 3.82. The van der Waals surface area contributed by atoms with Gasteiger partial charge in [0.15, 0.2) is 0 Å². The van der Waals surface area contributed by atoms with E-state index in [9.17, 15) is 0 Å². The molecular formula is C7H13NO. The van der Waals surface area contributed by atoms with Gasteiger partial charge in [0.25, 0.3) is 0 Å². The molecule has 0 amide bonds. The average molecular weight is 127 g/mol. The fourth-order valence-corrected chi connectivity index (χ4v) is 1.46. The van der Waals surface area contributed by atoms with Gasteiger partial charge >= 0.3 is 0 Å². The summed E-state index contributed by atoms with van der Waals surface area (Å²) in [5, 5.41) is 0. The molecule has 0 aromatic rings. The lowest BCUT2D eigenvalue weighted by Crippen LogP contribution is -2.32. The van der Waals surface area contributed by atoms with Crippen LogP contribution < -0.4 is 0 Å². The Morgan fingerprint density at radius 2 is 1.78 bits per heavy atom. The molecule has 0 bridgehead atoms. The van der Waals surface area contributed by atoms with Crippen LogP contribution in [-0.4, -0.2) is 30.8 Å². The maximum Gasteiger partial charge on any atom is 0.134 e. The Labute approximate surface area is 55.8 Å². The second-order valence-electron chi connectivity index (χ2n) is 2.88. The molecule has 1 atom stereocenters. The van der Waals surface area contributed by atoms with Crippen LogP contribution in [0.5, 0.6) is 0 Å². The summed E-state index contributed by atoms with van der Waals surface area (Å²) in [6, 6.07) is 0. The number of nitrogens with zero attached hydrogens (tertiary/aromatic N) is 1. The fourth-order valence-electron chi connectivity index (χ4n) is 1.46. The van der Waals surface area contributed by atoms with E-state index in [1.165, 1.54) is 32.4 Å². The van der Waals surface area contributed by atoms with E-state index in [1.54, 1.807) is 0 Å². The van der Waals surface area contributed by atoms with Gasteiger partial charge in [-0.15, -0.1) is 0 Å². The van der Waals surface area contributed by atoms with E-state index in [1.807, 2.05) is 0 Å². The number of ether oxygens (including phenoxy) is 1. The standard InChI is InChI=1S/C7H13NO/c1-2-4-8(5-3-1)7-6-9-7/h7H,1-6H2. The summed E-state index contributed by atoms with van der Waals surface area (Å²) in [6.45, 7) is 3.52. The number of likely N-dealkylation sites (tertiary alicyclic amines) is 1. The first kappa shape index (κ1) is 5.69. The third-order valence-corrected chi connectivity index (χ3v) is 2.11. The highest BCUT2D eigenvalue weighted by molar-refractivity contribution is 4.74. The van der Waals surface area contributed by atoms with Crippen LogP contribution in [0.4, 0.5) is 0 Å². The van der Waals surface area contributed by atoms with Gasteiger partial charge < -0.3 is 4.74 Å². The maximum atomic E-state index is 5.17. The van der Waals surface area contributed by atoms with Crippen molar-refractivity contribution in [3.05, 3.63) is 0 Å². The van der Waals surface area contributed by atoms with Gasteiger partial charge in [0.2, 0.25) is 0 Å². The van der Waals surface area contributed by atoms with Gasteiger partial charge in [-0.1, -0.05) is 6.42 Å². The van der Waals surface area contributed by atoms with Crippen molar-refractivity contribution in [2.45, 2.75) is 25.5 Å². The minimum atomic E-state index is 0.519. The molecule has 2 heteroatoms. The second kappa shape index (κ2) is 2.27. The van der Waals surface area contributed by atoms with Crippen molar-refractivity contribution in [1.82, 2.24) is 4.90 Å². The lowest BCUT2D eigenvalue weighted by atomic mass is 10.1. The Bertz CT molecular complexity index is 95.1. The summed E-state index contributed by atoms with van der Waals surface area (Å²) < 4.78 is 5.17. The summed E-state index contributed by atoms with van der Waals surface area (Å²) in [4.78, 5) is 2.45. The average Bonchev–Trinajstić information content (AvgIpc) is 2.71. The van der Waals surface area contributed by atoms with Crippen molar-refractivity contribution >= 4 is 0 Å². The van der Waals surface area contributed by atoms with Crippen LogP contribution in [0.25, 0.3) is 0 Å². The van der Waals surface area contributed by atoms with Crippen LogP contribution in [0.3, 0.4) is 0 Å². The summed E-state index contributed by atoms with van der Waals surface area (Å²) in [5.41, 5.74) is 0. The molecule has 2 aliphatic rings. The molecule has 0 saturated carbocycles. The second-order valence-corrected chi connectivity index (χ2v) is 2.88. The Morgan fingerprint density at radius 3 is 2.33 bits per heavy atom. The molecule has 1 unspecified atom stereocenters. The molecule has 0 radical (unpaired) electrons. The first-order chi connectivity index (χ1) is 4.47. The predicted octanol–water partition coefficient (Wildman–Crippen LogP) is 0.829. The summed E-state index contributed by atoms with van der Waals surface area (Å²) in [5.74, 6) is 0. The van der Waals surface area contributed by atoms with E-state index in [4.69, 9.17) is 4.74 Å². The lowest BCUT2D eigenvalue weighted by Gasteiger charge is -2.23. The third kappa shape index (κ3) is 1.25. The molecule has 2 rings (SSSR count). The molecule has 2 saturated heterocycles. The smallest absolute Gasteiger partial charge is 0.134 e. The fraction of sp³-hybridized carbons (Fsp3) is 1.00. The van der Waals surface area contributed by atoms with E-state index >= 15 is 0 Å². The van der Waals surface area contributed by atoms with Crippen molar-refractivity contribution < 1.29 is 4.74 Å². The largest absolute Gasteiger partial charge is 0.357 e. The highest BCUT2D eigenvalue weighted by Crippen LogP contribution is 2.19. The molecule has 0 spiro atoms. The molecule has 2 fully saturated rings. The van der Waals surface area contributed by atoms with Gasteiger partial charge in [-0.2, -0.15) is 0 Å². The summed E-state index contributed by atoms with van der Waals surface area (Å²) >= 11 is 0. The van der Waals surface area contributed by atoms with Gasteiger partial charge in [-0.3, -0.25) is 4.90 Å². The number of hydrogen-bond donors (Lipinski definition) is 0. The summed E-state index contributed by atoms with van der Waals surface area (Å²) in [7, 11) is 0. The Hall–Kier alpha value is -0.0800. The molecule has 2 heterocycles. The van der Waals surface area contributed by atoms with Gasteiger partial charge in [0.05, 0.1) is 6.61 Å². The quantitative estimate of drug-likeness (QED) is 0.485. The number of epoxide rings is 1. The Kier molecular flexibility index (Phi) is 1.44.